The second kappa shape index (κ2) is 8.30. The number of carbonyl (C=O) groups excluding carboxylic acids is 3. The van der Waals surface area contributed by atoms with Crippen LogP contribution in [0.15, 0.2) is 12.7 Å². The maximum Gasteiger partial charge on any atom is 0.312 e. The maximum absolute atomic E-state index is 13.9. The molecule has 30 heavy (non-hydrogen) atoms. The molecule has 0 aliphatic carbocycles. The Morgan fingerprint density at radius 2 is 2.13 bits per heavy atom. The third kappa shape index (κ3) is 3.43. The number of hydrogen-bond donors (Lipinski definition) is 1. The first-order valence-electron chi connectivity index (χ1n) is 10.8. The van der Waals surface area contributed by atoms with Crippen molar-refractivity contribution >= 4 is 17.8 Å². The molecule has 2 amide bonds. The molecule has 0 aromatic rings. The summed E-state index contributed by atoms with van der Waals surface area (Å²) in [6.07, 6.45) is 2.77. The van der Waals surface area contributed by atoms with Gasteiger partial charge in [0.05, 0.1) is 24.5 Å². The molecule has 0 radical (unpaired) electrons. The van der Waals surface area contributed by atoms with Crippen LogP contribution in [0.25, 0.3) is 0 Å². The molecule has 3 saturated heterocycles. The zero-order chi connectivity index (χ0) is 22.3. The van der Waals surface area contributed by atoms with Crippen LogP contribution in [0.5, 0.6) is 0 Å². The predicted molar refractivity (Wildman–Crippen MR) is 109 cm³/mol. The zero-order valence-electron chi connectivity index (χ0n) is 18.4. The number of esters is 1. The predicted octanol–water partition coefficient (Wildman–Crippen LogP) is 1.12. The average molecular weight is 423 g/mol. The first-order valence-corrected chi connectivity index (χ1v) is 10.8. The summed E-state index contributed by atoms with van der Waals surface area (Å²) in [5.41, 5.74) is -1.51. The standard InChI is InChI=1S/C22H34N2O6/c1-6-11-24(21(3,4)5)19(27)17-22-10-9-14(30-22)15(20(28)29-7-2)16(22)18(26)23(17)12-8-13-25/h6,14-17,25H,1,7-13H2,2-5H3/t14-,15+,16+,17-,22+/m0/s1. The number of aliphatic hydroxyl groups is 1. The fourth-order valence-corrected chi connectivity index (χ4v) is 5.39. The maximum atomic E-state index is 13.9. The van der Waals surface area contributed by atoms with Crippen LogP contribution < -0.4 is 0 Å². The van der Waals surface area contributed by atoms with Crippen molar-refractivity contribution in [3.05, 3.63) is 12.7 Å². The molecule has 1 N–H and O–H groups in total. The number of rotatable bonds is 8. The number of nitrogens with zero attached hydrogens (tertiary/aromatic N) is 2. The summed E-state index contributed by atoms with van der Waals surface area (Å²) in [6.45, 7) is 12.0. The van der Waals surface area contributed by atoms with Crippen LogP contribution in [0.1, 0.15) is 47.0 Å². The summed E-state index contributed by atoms with van der Waals surface area (Å²) in [5, 5.41) is 9.35. The first-order chi connectivity index (χ1) is 14.1. The van der Waals surface area contributed by atoms with Gasteiger partial charge in [-0.25, -0.2) is 0 Å². The van der Waals surface area contributed by atoms with Crippen LogP contribution in [0, 0.1) is 11.8 Å². The van der Waals surface area contributed by atoms with Crippen molar-refractivity contribution in [2.45, 2.75) is 70.2 Å². The molecule has 0 saturated carbocycles. The van der Waals surface area contributed by atoms with E-state index in [0.29, 0.717) is 25.8 Å². The summed E-state index contributed by atoms with van der Waals surface area (Å²) >= 11 is 0. The molecule has 0 aromatic carbocycles. The Hall–Kier alpha value is -1.93. The molecule has 0 aromatic heterocycles. The third-order valence-electron chi connectivity index (χ3n) is 6.54. The second-order valence-corrected chi connectivity index (χ2v) is 9.33. The minimum atomic E-state index is -1.03. The quantitative estimate of drug-likeness (QED) is 0.465. The Kier molecular flexibility index (Phi) is 6.30. The van der Waals surface area contributed by atoms with E-state index in [1.54, 1.807) is 17.9 Å². The molecule has 3 aliphatic heterocycles. The largest absolute Gasteiger partial charge is 0.466 e. The Bertz CT molecular complexity index is 717. The number of aliphatic hydroxyl groups excluding tert-OH is 1. The van der Waals surface area contributed by atoms with Gasteiger partial charge >= 0.3 is 5.97 Å². The summed E-state index contributed by atoms with van der Waals surface area (Å²) in [7, 11) is 0. The van der Waals surface area contributed by atoms with Gasteiger partial charge in [0.1, 0.15) is 11.6 Å². The molecule has 3 fully saturated rings. The summed E-state index contributed by atoms with van der Waals surface area (Å²) < 4.78 is 11.6. The van der Waals surface area contributed by atoms with E-state index in [1.165, 1.54) is 4.90 Å². The summed E-state index contributed by atoms with van der Waals surface area (Å²) in [5.74, 6) is -2.32. The minimum absolute atomic E-state index is 0.0945. The van der Waals surface area contributed by atoms with Crippen LogP contribution in [0.2, 0.25) is 0 Å². The van der Waals surface area contributed by atoms with Gasteiger partial charge in [-0.15, -0.1) is 6.58 Å². The molecular formula is C22H34N2O6. The van der Waals surface area contributed by atoms with Crippen LogP contribution >= 0.6 is 0 Å². The van der Waals surface area contributed by atoms with E-state index in [4.69, 9.17) is 9.47 Å². The smallest absolute Gasteiger partial charge is 0.312 e. The molecule has 3 heterocycles. The number of hydrogen-bond acceptors (Lipinski definition) is 6. The molecule has 3 rings (SSSR count). The van der Waals surface area contributed by atoms with E-state index in [2.05, 4.69) is 6.58 Å². The summed E-state index contributed by atoms with van der Waals surface area (Å²) in [4.78, 5) is 43.3. The Morgan fingerprint density at radius 1 is 1.43 bits per heavy atom. The highest BCUT2D eigenvalue weighted by molar-refractivity contribution is 5.98. The van der Waals surface area contributed by atoms with Gasteiger partial charge in [-0.3, -0.25) is 14.4 Å². The Labute approximate surface area is 178 Å². The second-order valence-electron chi connectivity index (χ2n) is 9.33. The number of carbonyl (C=O) groups is 3. The molecular weight excluding hydrogens is 388 g/mol. The highest BCUT2D eigenvalue weighted by atomic mass is 16.6. The van der Waals surface area contributed by atoms with Gasteiger partial charge in [-0.05, 0) is 47.0 Å². The number of likely N-dealkylation sites (tertiary alicyclic amines) is 1. The molecule has 2 bridgehead atoms. The van der Waals surface area contributed by atoms with Gasteiger partial charge in [0.2, 0.25) is 11.8 Å². The van der Waals surface area contributed by atoms with Crippen molar-refractivity contribution in [3.8, 4) is 0 Å². The van der Waals surface area contributed by atoms with Gasteiger partial charge in [0.25, 0.3) is 0 Å². The van der Waals surface area contributed by atoms with Crippen LogP contribution in [-0.2, 0) is 23.9 Å². The van der Waals surface area contributed by atoms with E-state index in [9.17, 15) is 19.5 Å². The SMILES string of the molecule is C=CCN(C(=O)[C@@H]1N(CCCO)C(=O)[C@H]2[C@H](C(=O)OCC)[C@@H]3CC[C@]12O3)C(C)(C)C. The molecule has 168 valence electrons. The van der Waals surface area contributed by atoms with E-state index in [-0.39, 0.29) is 31.6 Å². The fourth-order valence-electron chi connectivity index (χ4n) is 5.39. The van der Waals surface area contributed by atoms with E-state index in [1.807, 2.05) is 20.8 Å². The summed E-state index contributed by atoms with van der Waals surface area (Å²) in [6, 6.07) is -0.829. The van der Waals surface area contributed by atoms with Crippen LogP contribution in [-0.4, -0.2) is 82.3 Å². The molecule has 1 spiro atoms. The van der Waals surface area contributed by atoms with E-state index < -0.39 is 41.1 Å². The number of fused-ring (bicyclic) bond motifs is 1. The van der Waals surface area contributed by atoms with Crippen molar-refractivity contribution in [1.29, 1.82) is 0 Å². The van der Waals surface area contributed by atoms with Crippen molar-refractivity contribution in [2.24, 2.45) is 11.8 Å². The minimum Gasteiger partial charge on any atom is -0.466 e. The first kappa shape index (κ1) is 22.7. The molecule has 3 aliphatic rings. The Balaban J connectivity index is 2.04. The molecule has 8 heteroatoms. The zero-order valence-corrected chi connectivity index (χ0v) is 18.4. The monoisotopic (exact) mass is 422 g/mol. The third-order valence-corrected chi connectivity index (χ3v) is 6.54. The lowest BCUT2D eigenvalue weighted by Crippen LogP contribution is -2.60. The highest BCUT2D eigenvalue weighted by Gasteiger charge is 2.75. The lowest BCUT2D eigenvalue weighted by atomic mass is 9.70. The lowest BCUT2D eigenvalue weighted by molar-refractivity contribution is -0.155. The van der Waals surface area contributed by atoms with Crippen molar-refractivity contribution in [1.82, 2.24) is 9.80 Å². The highest BCUT2D eigenvalue weighted by Crippen LogP contribution is 2.58. The average Bonchev–Trinajstić information content (AvgIpc) is 3.30. The number of ether oxygens (including phenoxy) is 2. The van der Waals surface area contributed by atoms with Gasteiger partial charge in [0.15, 0.2) is 0 Å². The van der Waals surface area contributed by atoms with Crippen molar-refractivity contribution in [2.75, 3.05) is 26.3 Å². The molecule has 5 atom stereocenters. The van der Waals surface area contributed by atoms with Crippen molar-refractivity contribution < 1.29 is 29.0 Å². The Morgan fingerprint density at radius 3 is 2.70 bits per heavy atom. The van der Waals surface area contributed by atoms with Crippen LogP contribution in [0.3, 0.4) is 0 Å². The fraction of sp³-hybridized carbons (Fsp3) is 0.773. The van der Waals surface area contributed by atoms with Gasteiger partial charge in [-0.2, -0.15) is 0 Å². The lowest BCUT2D eigenvalue weighted by Gasteiger charge is -2.42. The van der Waals surface area contributed by atoms with Crippen LogP contribution in [0.4, 0.5) is 0 Å². The molecule has 0 unspecified atom stereocenters. The van der Waals surface area contributed by atoms with Crippen molar-refractivity contribution in [3.63, 3.8) is 0 Å². The topological polar surface area (TPSA) is 96.4 Å². The van der Waals surface area contributed by atoms with E-state index in [0.717, 1.165) is 0 Å². The van der Waals surface area contributed by atoms with Gasteiger partial charge < -0.3 is 24.4 Å². The van der Waals surface area contributed by atoms with Gasteiger partial charge in [-0.1, -0.05) is 6.08 Å². The molecule has 8 nitrogen and oxygen atoms in total. The number of amides is 2. The normalized spacial score (nSPS) is 32.3. The van der Waals surface area contributed by atoms with Gasteiger partial charge in [0, 0.05) is 25.2 Å². The van der Waals surface area contributed by atoms with E-state index >= 15 is 0 Å².